The van der Waals surface area contributed by atoms with Gasteiger partial charge in [0.1, 0.15) is 0 Å². The molecule has 1 aliphatic rings. The predicted octanol–water partition coefficient (Wildman–Crippen LogP) is 0.639. The van der Waals surface area contributed by atoms with Crippen LogP contribution in [-0.4, -0.2) is 50.2 Å². The highest BCUT2D eigenvalue weighted by molar-refractivity contribution is 5.95. The molecule has 0 unspecified atom stereocenters. The lowest BCUT2D eigenvalue weighted by atomic mass is 10.1. The smallest absolute Gasteiger partial charge is 0.251 e. The second-order valence-electron chi connectivity index (χ2n) is 4.78. The van der Waals surface area contributed by atoms with E-state index < -0.39 is 0 Å². The number of hydrogen-bond acceptors (Lipinski definition) is 4. The Labute approximate surface area is 113 Å². The van der Waals surface area contributed by atoms with Crippen molar-refractivity contribution in [3.8, 4) is 0 Å². The van der Waals surface area contributed by atoms with E-state index in [1.165, 1.54) is 0 Å². The van der Waals surface area contributed by atoms with Crippen molar-refractivity contribution in [2.24, 2.45) is 0 Å². The SMILES string of the molecule is Cc1ccc(C(=O)NCCN2CCOCC2)cc1N. The first-order chi connectivity index (χ1) is 9.16. The molecule has 0 aromatic heterocycles. The summed E-state index contributed by atoms with van der Waals surface area (Å²) in [6, 6.07) is 5.39. The third-order valence-electron chi connectivity index (χ3n) is 3.36. The van der Waals surface area contributed by atoms with E-state index in [2.05, 4.69) is 10.2 Å². The summed E-state index contributed by atoms with van der Waals surface area (Å²) >= 11 is 0. The van der Waals surface area contributed by atoms with Crippen LogP contribution in [0.5, 0.6) is 0 Å². The summed E-state index contributed by atoms with van der Waals surface area (Å²) in [5.74, 6) is -0.0695. The van der Waals surface area contributed by atoms with Gasteiger partial charge in [0.05, 0.1) is 13.2 Å². The Kier molecular flexibility index (Phi) is 4.76. The van der Waals surface area contributed by atoms with Gasteiger partial charge < -0.3 is 15.8 Å². The molecule has 1 heterocycles. The molecule has 0 bridgehead atoms. The summed E-state index contributed by atoms with van der Waals surface area (Å²) in [5.41, 5.74) is 8.06. The number of ether oxygens (including phenoxy) is 1. The molecule has 1 aromatic carbocycles. The van der Waals surface area contributed by atoms with Crippen molar-refractivity contribution < 1.29 is 9.53 Å². The maximum Gasteiger partial charge on any atom is 0.251 e. The van der Waals surface area contributed by atoms with E-state index in [1.807, 2.05) is 13.0 Å². The first kappa shape index (κ1) is 13.8. The maximum absolute atomic E-state index is 11.9. The number of nitrogen functional groups attached to an aromatic ring is 1. The summed E-state index contributed by atoms with van der Waals surface area (Å²) in [5, 5.41) is 2.92. The Balaban J connectivity index is 1.78. The lowest BCUT2D eigenvalue weighted by Crippen LogP contribution is -2.41. The monoisotopic (exact) mass is 263 g/mol. The standard InChI is InChI=1S/C14H21N3O2/c1-11-2-3-12(10-13(11)15)14(18)16-4-5-17-6-8-19-9-7-17/h2-3,10H,4-9,15H2,1H3,(H,16,18). The van der Waals surface area contributed by atoms with Crippen LogP contribution in [0.3, 0.4) is 0 Å². The molecule has 104 valence electrons. The molecular formula is C14H21N3O2. The molecule has 1 amide bonds. The number of nitrogens with one attached hydrogen (secondary N) is 1. The maximum atomic E-state index is 11.9. The lowest BCUT2D eigenvalue weighted by Gasteiger charge is -2.26. The second-order valence-corrected chi connectivity index (χ2v) is 4.78. The topological polar surface area (TPSA) is 67.6 Å². The highest BCUT2D eigenvalue weighted by Crippen LogP contribution is 2.12. The number of benzene rings is 1. The van der Waals surface area contributed by atoms with E-state index in [0.29, 0.717) is 17.8 Å². The van der Waals surface area contributed by atoms with E-state index in [1.54, 1.807) is 12.1 Å². The Bertz CT molecular complexity index is 442. The van der Waals surface area contributed by atoms with Crippen LogP contribution in [0, 0.1) is 6.92 Å². The van der Waals surface area contributed by atoms with Crippen molar-refractivity contribution in [2.45, 2.75) is 6.92 Å². The quantitative estimate of drug-likeness (QED) is 0.782. The fraction of sp³-hybridized carbons (Fsp3) is 0.500. The van der Waals surface area contributed by atoms with Gasteiger partial charge in [0, 0.05) is 37.4 Å². The number of hydrogen-bond donors (Lipinski definition) is 2. The van der Waals surface area contributed by atoms with Gasteiger partial charge in [-0.3, -0.25) is 9.69 Å². The highest BCUT2D eigenvalue weighted by Gasteiger charge is 2.11. The lowest BCUT2D eigenvalue weighted by molar-refractivity contribution is 0.0383. The van der Waals surface area contributed by atoms with Crippen molar-refractivity contribution in [2.75, 3.05) is 45.1 Å². The minimum Gasteiger partial charge on any atom is -0.398 e. The Hall–Kier alpha value is -1.59. The number of morpholine rings is 1. The molecule has 1 aromatic rings. The molecule has 5 nitrogen and oxygen atoms in total. The minimum absolute atomic E-state index is 0.0695. The average molecular weight is 263 g/mol. The van der Waals surface area contributed by atoms with Crippen molar-refractivity contribution in [1.82, 2.24) is 10.2 Å². The van der Waals surface area contributed by atoms with Crippen LogP contribution in [0.15, 0.2) is 18.2 Å². The van der Waals surface area contributed by atoms with Crippen molar-refractivity contribution >= 4 is 11.6 Å². The number of carbonyl (C=O) groups is 1. The van der Waals surface area contributed by atoms with Gasteiger partial charge in [0.15, 0.2) is 0 Å². The van der Waals surface area contributed by atoms with Crippen LogP contribution in [0.25, 0.3) is 0 Å². The van der Waals surface area contributed by atoms with E-state index in [-0.39, 0.29) is 5.91 Å². The molecule has 0 atom stereocenters. The van der Waals surface area contributed by atoms with Crippen LogP contribution in [0.2, 0.25) is 0 Å². The molecule has 1 saturated heterocycles. The minimum atomic E-state index is -0.0695. The number of anilines is 1. The van der Waals surface area contributed by atoms with Crippen LogP contribution in [-0.2, 0) is 4.74 Å². The molecule has 1 aliphatic heterocycles. The van der Waals surface area contributed by atoms with Crippen LogP contribution < -0.4 is 11.1 Å². The van der Waals surface area contributed by atoms with E-state index in [9.17, 15) is 4.79 Å². The normalized spacial score (nSPS) is 16.3. The first-order valence-electron chi connectivity index (χ1n) is 6.61. The van der Waals surface area contributed by atoms with Crippen LogP contribution >= 0.6 is 0 Å². The predicted molar refractivity (Wildman–Crippen MR) is 75.2 cm³/mol. The van der Waals surface area contributed by atoms with Crippen molar-refractivity contribution in [3.05, 3.63) is 29.3 Å². The van der Waals surface area contributed by atoms with Crippen molar-refractivity contribution in [3.63, 3.8) is 0 Å². The van der Waals surface area contributed by atoms with E-state index in [4.69, 9.17) is 10.5 Å². The Morgan fingerprint density at radius 1 is 1.42 bits per heavy atom. The Morgan fingerprint density at radius 2 is 2.16 bits per heavy atom. The van der Waals surface area contributed by atoms with Gasteiger partial charge in [0.25, 0.3) is 5.91 Å². The average Bonchev–Trinajstić information content (AvgIpc) is 2.43. The van der Waals surface area contributed by atoms with Gasteiger partial charge in [0.2, 0.25) is 0 Å². The summed E-state index contributed by atoms with van der Waals surface area (Å²) in [6.07, 6.45) is 0. The zero-order chi connectivity index (χ0) is 13.7. The number of nitrogens with zero attached hydrogens (tertiary/aromatic N) is 1. The Morgan fingerprint density at radius 3 is 2.84 bits per heavy atom. The van der Waals surface area contributed by atoms with Gasteiger partial charge in [-0.25, -0.2) is 0 Å². The molecule has 0 radical (unpaired) electrons. The van der Waals surface area contributed by atoms with Crippen LogP contribution in [0.1, 0.15) is 15.9 Å². The number of carbonyl (C=O) groups excluding carboxylic acids is 1. The molecule has 0 aliphatic carbocycles. The molecule has 0 spiro atoms. The fourth-order valence-electron chi connectivity index (χ4n) is 2.04. The second kappa shape index (κ2) is 6.54. The van der Waals surface area contributed by atoms with Gasteiger partial charge in [-0.1, -0.05) is 6.07 Å². The summed E-state index contributed by atoms with van der Waals surface area (Å²) in [7, 11) is 0. The molecule has 1 fully saturated rings. The summed E-state index contributed by atoms with van der Waals surface area (Å²) < 4.78 is 5.28. The number of rotatable bonds is 4. The third kappa shape index (κ3) is 3.94. The number of amides is 1. The summed E-state index contributed by atoms with van der Waals surface area (Å²) in [4.78, 5) is 14.2. The van der Waals surface area contributed by atoms with Gasteiger partial charge in [-0.15, -0.1) is 0 Å². The van der Waals surface area contributed by atoms with E-state index >= 15 is 0 Å². The van der Waals surface area contributed by atoms with Crippen LogP contribution in [0.4, 0.5) is 5.69 Å². The molecule has 3 N–H and O–H groups in total. The molecule has 2 rings (SSSR count). The molecule has 0 saturated carbocycles. The first-order valence-corrected chi connectivity index (χ1v) is 6.61. The van der Waals surface area contributed by atoms with Crippen molar-refractivity contribution in [1.29, 1.82) is 0 Å². The van der Waals surface area contributed by atoms with Gasteiger partial charge in [-0.05, 0) is 24.6 Å². The number of aryl methyl sites for hydroxylation is 1. The van der Waals surface area contributed by atoms with Gasteiger partial charge in [-0.2, -0.15) is 0 Å². The highest BCUT2D eigenvalue weighted by atomic mass is 16.5. The molecule has 19 heavy (non-hydrogen) atoms. The zero-order valence-electron chi connectivity index (χ0n) is 11.3. The zero-order valence-corrected chi connectivity index (χ0v) is 11.3. The fourth-order valence-corrected chi connectivity index (χ4v) is 2.04. The number of nitrogens with two attached hydrogens (primary N) is 1. The van der Waals surface area contributed by atoms with Gasteiger partial charge >= 0.3 is 0 Å². The summed E-state index contributed by atoms with van der Waals surface area (Å²) in [6.45, 7) is 6.87. The third-order valence-corrected chi connectivity index (χ3v) is 3.36. The largest absolute Gasteiger partial charge is 0.398 e. The van der Waals surface area contributed by atoms with E-state index in [0.717, 1.165) is 38.4 Å². The molecular weight excluding hydrogens is 242 g/mol. The molecule has 5 heteroatoms.